The van der Waals surface area contributed by atoms with Crippen molar-refractivity contribution in [3.05, 3.63) is 59.5 Å². The van der Waals surface area contributed by atoms with Crippen molar-refractivity contribution in [3.8, 4) is 11.3 Å². The van der Waals surface area contributed by atoms with Gasteiger partial charge >= 0.3 is 0 Å². The number of hydrogen-bond acceptors (Lipinski definition) is 5. The van der Waals surface area contributed by atoms with E-state index in [1.807, 2.05) is 17.5 Å². The van der Waals surface area contributed by atoms with E-state index in [4.69, 9.17) is 0 Å². The lowest BCUT2D eigenvalue weighted by Crippen LogP contribution is -2.27. The highest BCUT2D eigenvalue weighted by Crippen LogP contribution is 2.27. The lowest BCUT2D eigenvalue weighted by Gasteiger charge is -2.04. The molecule has 0 aliphatic carbocycles. The van der Waals surface area contributed by atoms with Gasteiger partial charge in [-0.25, -0.2) is 19.0 Å². The molecule has 7 nitrogen and oxygen atoms in total. The largest absolute Gasteiger partial charge is 0.350 e. The second-order valence-corrected chi connectivity index (χ2v) is 6.83. The Hall–Kier alpha value is -3.07. The van der Waals surface area contributed by atoms with E-state index >= 15 is 0 Å². The lowest BCUT2D eigenvalue weighted by atomic mass is 10.2. The average molecular weight is 370 g/mol. The molecule has 0 radical (unpaired) electrons. The summed E-state index contributed by atoms with van der Waals surface area (Å²) in [6.45, 7) is 2.55. The zero-order chi connectivity index (χ0) is 18.1. The predicted octanol–water partition coefficient (Wildman–Crippen LogP) is 2.42. The third-order valence-corrected chi connectivity index (χ3v) is 5.17. The maximum absolute atomic E-state index is 13.1. The third-order valence-electron chi connectivity index (χ3n) is 4.01. The molecule has 0 aliphatic heterocycles. The molecule has 0 spiro atoms. The fraction of sp³-hybridized carbons (Fsp3) is 0.176. The summed E-state index contributed by atoms with van der Waals surface area (Å²) >= 11 is 1.52. The van der Waals surface area contributed by atoms with E-state index in [1.165, 1.54) is 40.8 Å². The molecule has 0 fully saturated rings. The summed E-state index contributed by atoms with van der Waals surface area (Å²) in [5.74, 6) is -0.400. The zero-order valence-electron chi connectivity index (χ0n) is 13.9. The molecule has 0 saturated carbocycles. The van der Waals surface area contributed by atoms with Crippen LogP contribution in [-0.4, -0.2) is 30.1 Å². The number of hydrogen-bond donors (Lipinski definition) is 1. The molecule has 0 atom stereocenters. The number of carbonyl (C=O) groups excluding carboxylic acids is 1. The highest BCUT2D eigenvalue weighted by molar-refractivity contribution is 7.17. The molecule has 3 aromatic heterocycles. The van der Waals surface area contributed by atoms with E-state index in [2.05, 4.69) is 20.4 Å². The number of nitrogens with zero attached hydrogens (tertiary/aromatic N) is 5. The molecule has 0 aliphatic rings. The number of amides is 1. The first kappa shape index (κ1) is 16.4. The molecule has 0 saturated heterocycles. The van der Waals surface area contributed by atoms with Crippen LogP contribution < -0.4 is 5.32 Å². The summed E-state index contributed by atoms with van der Waals surface area (Å²) in [7, 11) is 0. The number of fused-ring (bicyclic) bond motifs is 1. The molecule has 0 bridgehead atoms. The van der Waals surface area contributed by atoms with Crippen molar-refractivity contribution in [2.75, 3.05) is 0 Å². The number of halogens is 1. The number of aryl methyl sites for hydroxylation is 1. The van der Waals surface area contributed by atoms with Crippen LogP contribution in [0.2, 0.25) is 0 Å². The second kappa shape index (κ2) is 6.68. The van der Waals surface area contributed by atoms with Crippen LogP contribution in [0.15, 0.2) is 43.1 Å². The van der Waals surface area contributed by atoms with Gasteiger partial charge in [0.15, 0.2) is 4.96 Å². The van der Waals surface area contributed by atoms with E-state index in [1.54, 1.807) is 12.1 Å². The van der Waals surface area contributed by atoms with Crippen molar-refractivity contribution >= 4 is 22.2 Å². The summed E-state index contributed by atoms with van der Waals surface area (Å²) in [5.41, 5.74) is 2.68. The quantitative estimate of drug-likeness (QED) is 0.585. The van der Waals surface area contributed by atoms with Crippen molar-refractivity contribution in [2.24, 2.45) is 0 Å². The van der Waals surface area contributed by atoms with Gasteiger partial charge in [0.1, 0.15) is 25.0 Å². The van der Waals surface area contributed by atoms with E-state index < -0.39 is 0 Å². The standard InChI is InChI=1S/C17H15FN6OS/c1-11-15(6-20-16(25)8-23-10-19-9-21-23)26-17-22-14(7-24(11)17)12-2-4-13(18)5-3-12/h2-5,7,9-10H,6,8H2,1H3,(H,20,25). The molecule has 9 heteroatoms. The van der Waals surface area contributed by atoms with Crippen molar-refractivity contribution < 1.29 is 9.18 Å². The smallest absolute Gasteiger partial charge is 0.242 e. The fourth-order valence-corrected chi connectivity index (χ4v) is 3.66. The summed E-state index contributed by atoms with van der Waals surface area (Å²) in [6.07, 6.45) is 4.82. The minimum Gasteiger partial charge on any atom is -0.350 e. The van der Waals surface area contributed by atoms with Crippen molar-refractivity contribution in [3.63, 3.8) is 0 Å². The van der Waals surface area contributed by atoms with Gasteiger partial charge in [0.05, 0.1) is 12.2 Å². The topological polar surface area (TPSA) is 77.1 Å². The molecule has 3 heterocycles. The van der Waals surface area contributed by atoms with Crippen molar-refractivity contribution in [1.82, 2.24) is 29.5 Å². The summed E-state index contributed by atoms with van der Waals surface area (Å²) in [6, 6.07) is 6.27. The number of nitrogens with one attached hydrogen (secondary N) is 1. The van der Waals surface area contributed by atoms with Crippen molar-refractivity contribution in [1.29, 1.82) is 0 Å². The number of rotatable bonds is 5. The van der Waals surface area contributed by atoms with Gasteiger partial charge in [-0.2, -0.15) is 5.10 Å². The zero-order valence-corrected chi connectivity index (χ0v) is 14.7. The van der Waals surface area contributed by atoms with Gasteiger partial charge in [-0.05, 0) is 31.2 Å². The Morgan fingerprint density at radius 1 is 1.31 bits per heavy atom. The molecule has 26 heavy (non-hydrogen) atoms. The van der Waals surface area contributed by atoms with Crippen LogP contribution in [-0.2, 0) is 17.9 Å². The monoisotopic (exact) mass is 370 g/mol. The average Bonchev–Trinajstić information content (AvgIpc) is 3.33. The van der Waals surface area contributed by atoms with Crippen LogP contribution in [0.3, 0.4) is 0 Å². The van der Waals surface area contributed by atoms with E-state index in [-0.39, 0.29) is 18.3 Å². The van der Waals surface area contributed by atoms with Gasteiger partial charge in [0.25, 0.3) is 0 Å². The molecule has 132 valence electrons. The van der Waals surface area contributed by atoms with Crippen LogP contribution in [0, 0.1) is 12.7 Å². The third kappa shape index (κ3) is 3.21. The second-order valence-electron chi connectivity index (χ2n) is 5.77. The molecular formula is C17H15FN6OS. The van der Waals surface area contributed by atoms with Crippen LogP contribution in [0.25, 0.3) is 16.2 Å². The Kier molecular flexibility index (Phi) is 4.21. The van der Waals surface area contributed by atoms with Gasteiger partial charge in [-0.15, -0.1) is 0 Å². The van der Waals surface area contributed by atoms with Crippen LogP contribution in [0.1, 0.15) is 10.6 Å². The first-order valence-corrected chi connectivity index (χ1v) is 8.74. The first-order valence-electron chi connectivity index (χ1n) is 7.92. The molecule has 1 N–H and O–H groups in total. The Labute approximate surface area is 152 Å². The van der Waals surface area contributed by atoms with Crippen molar-refractivity contribution in [2.45, 2.75) is 20.0 Å². The molecule has 1 amide bonds. The highest BCUT2D eigenvalue weighted by atomic mass is 32.1. The van der Waals surface area contributed by atoms with Gasteiger partial charge < -0.3 is 5.32 Å². The lowest BCUT2D eigenvalue weighted by molar-refractivity contribution is -0.122. The minimum absolute atomic E-state index is 0.132. The summed E-state index contributed by atoms with van der Waals surface area (Å²) in [4.78, 5) is 22.2. The molecule has 4 aromatic rings. The molecule has 4 rings (SSSR count). The highest BCUT2D eigenvalue weighted by Gasteiger charge is 2.13. The van der Waals surface area contributed by atoms with Gasteiger partial charge in [-0.3, -0.25) is 9.20 Å². The number of benzene rings is 1. The van der Waals surface area contributed by atoms with Crippen LogP contribution in [0.4, 0.5) is 4.39 Å². The van der Waals surface area contributed by atoms with Crippen LogP contribution >= 0.6 is 11.3 Å². The van der Waals surface area contributed by atoms with E-state index in [9.17, 15) is 9.18 Å². The van der Waals surface area contributed by atoms with Gasteiger partial charge in [0, 0.05) is 22.3 Å². The summed E-state index contributed by atoms with van der Waals surface area (Å²) in [5, 5.41) is 6.79. The number of thiazole rings is 1. The molecule has 0 unspecified atom stereocenters. The normalized spacial score (nSPS) is 11.2. The number of aromatic nitrogens is 5. The Morgan fingerprint density at radius 3 is 2.81 bits per heavy atom. The Balaban J connectivity index is 1.48. The fourth-order valence-electron chi connectivity index (χ4n) is 2.61. The first-order chi connectivity index (χ1) is 12.6. The van der Waals surface area contributed by atoms with Gasteiger partial charge in [-0.1, -0.05) is 11.3 Å². The van der Waals surface area contributed by atoms with E-state index in [0.717, 1.165) is 26.8 Å². The van der Waals surface area contributed by atoms with E-state index in [0.29, 0.717) is 6.54 Å². The number of imidazole rings is 1. The maximum Gasteiger partial charge on any atom is 0.242 e. The SMILES string of the molecule is Cc1c(CNC(=O)Cn2cncn2)sc2nc(-c3ccc(F)cc3)cn12. The molecular weight excluding hydrogens is 355 g/mol. The van der Waals surface area contributed by atoms with Crippen LogP contribution in [0.5, 0.6) is 0 Å². The Morgan fingerprint density at radius 2 is 2.12 bits per heavy atom. The number of carbonyl (C=O) groups is 1. The maximum atomic E-state index is 13.1. The Bertz CT molecular complexity index is 1050. The van der Waals surface area contributed by atoms with Gasteiger partial charge in [0.2, 0.25) is 5.91 Å². The summed E-state index contributed by atoms with van der Waals surface area (Å²) < 4.78 is 16.5. The minimum atomic E-state index is -0.269. The predicted molar refractivity (Wildman–Crippen MR) is 95.1 cm³/mol. The molecule has 1 aromatic carbocycles.